The van der Waals surface area contributed by atoms with Crippen molar-refractivity contribution in [2.45, 2.75) is 19.8 Å². The first-order chi connectivity index (χ1) is 12.5. The number of benzene rings is 2. The van der Waals surface area contributed by atoms with E-state index in [1.54, 1.807) is 36.1 Å². The van der Waals surface area contributed by atoms with Gasteiger partial charge in [-0.3, -0.25) is 19.8 Å². The molecule has 0 saturated carbocycles. The van der Waals surface area contributed by atoms with Gasteiger partial charge in [-0.25, -0.2) is 0 Å². The van der Waals surface area contributed by atoms with Crippen molar-refractivity contribution in [3.8, 4) is 0 Å². The highest BCUT2D eigenvalue weighted by Crippen LogP contribution is 2.45. The number of non-ortho nitro benzene ring substituents is 1. The van der Waals surface area contributed by atoms with Crippen LogP contribution in [0.25, 0.3) is 0 Å². The molecular formula is C18H15N3O5. The number of aryl methyl sites for hydroxylation is 1. The van der Waals surface area contributed by atoms with Crippen LogP contribution >= 0.6 is 0 Å². The number of carbonyl (C=O) groups is 1. The largest absolute Gasteiger partial charge is 0.390 e. The van der Waals surface area contributed by atoms with Crippen molar-refractivity contribution in [1.29, 1.82) is 0 Å². The highest BCUT2D eigenvalue weighted by Gasteiger charge is 2.61. The first kappa shape index (κ1) is 16.2. The number of carbonyl (C=O) groups excluding carboxylic acids is 1. The predicted octanol–water partition coefficient (Wildman–Crippen LogP) is 2.99. The number of hydrogen-bond acceptors (Lipinski definition) is 7. The number of rotatable bonds is 4. The molecule has 0 saturated heterocycles. The molecule has 132 valence electrons. The first-order valence-corrected chi connectivity index (χ1v) is 8.08. The van der Waals surface area contributed by atoms with Crippen molar-refractivity contribution in [1.82, 2.24) is 0 Å². The molecule has 2 aliphatic rings. The minimum atomic E-state index is -1.70. The third kappa shape index (κ3) is 2.12. The lowest BCUT2D eigenvalue weighted by Gasteiger charge is -2.28. The van der Waals surface area contributed by atoms with Crippen LogP contribution in [0.5, 0.6) is 0 Å². The lowest BCUT2D eigenvalue weighted by Crippen LogP contribution is -2.52. The molecule has 1 atom stereocenters. The minimum absolute atomic E-state index is 0.0752. The molecule has 8 heteroatoms. The summed E-state index contributed by atoms with van der Waals surface area (Å²) in [6, 6.07) is 11.5. The SMILES string of the molecule is CCO[C@]12ON=C(c3cccc([N+](=O)[O-])c3)N1c1ccc(C)cc1C2=O. The van der Waals surface area contributed by atoms with Crippen molar-refractivity contribution in [3.63, 3.8) is 0 Å². The number of fused-ring (bicyclic) bond motifs is 3. The highest BCUT2D eigenvalue weighted by atomic mass is 16.8. The van der Waals surface area contributed by atoms with E-state index >= 15 is 0 Å². The van der Waals surface area contributed by atoms with Gasteiger partial charge in [-0.05, 0) is 26.0 Å². The van der Waals surface area contributed by atoms with E-state index in [9.17, 15) is 14.9 Å². The molecule has 0 bridgehead atoms. The van der Waals surface area contributed by atoms with Crippen LogP contribution in [0.1, 0.15) is 28.4 Å². The third-order valence-electron chi connectivity index (χ3n) is 4.34. The predicted molar refractivity (Wildman–Crippen MR) is 93.1 cm³/mol. The summed E-state index contributed by atoms with van der Waals surface area (Å²) in [5.41, 5.74) is 2.38. The van der Waals surface area contributed by atoms with Gasteiger partial charge in [0.15, 0.2) is 5.84 Å². The van der Waals surface area contributed by atoms with E-state index in [2.05, 4.69) is 5.16 Å². The quantitative estimate of drug-likeness (QED) is 0.619. The van der Waals surface area contributed by atoms with E-state index in [0.717, 1.165) is 5.56 Å². The summed E-state index contributed by atoms with van der Waals surface area (Å²) in [4.78, 5) is 30.7. The molecule has 2 aliphatic heterocycles. The Kier molecular flexibility index (Phi) is 3.52. The van der Waals surface area contributed by atoms with Gasteiger partial charge in [0.25, 0.3) is 11.5 Å². The van der Waals surface area contributed by atoms with Crippen molar-refractivity contribution in [3.05, 3.63) is 69.3 Å². The molecule has 0 fully saturated rings. The second-order valence-electron chi connectivity index (χ2n) is 6.01. The van der Waals surface area contributed by atoms with Gasteiger partial charge in [-0.1, -0.05) is 28.9 Å². The maximum atomic E-state index is 13.0. The Morgan fingerprint density at radius 3 is 2.85 bits per heavy atom. The van der Waals surface area contributed by atoms with Gasteiger partial charge in [0.1, 0.15) is 0 Å². The lowest BCUT2D eigenvalue weighted by molar-refractivity contribution is -0.384. The first-order valence-electron chi connectivity index (χ1n) is 8.08. The second-order valence-corrected chi connectivity index (χ2v) is 6.01. The minimum Gasteiger partial charge on any atom is -0.327 e. The van der Waals surface area contributed by atoms with Crippen LogP contribution in [0.15, 0.2) is 47.6 Å². The van der Waals surface area contributed by atoms with E-state index in [0.29, 0.717) is 16.8 Å². The summed E-state index contributed by atoms with van der Waals surface area (Å²) in [5.74, 6) is -1.76. The maximum Gasteiger partial charge on any atom is 0.390 e. The van der Waals surface area contributed by atoms with E-state index in [4.69, 9.17) is 9.57 Å². The van der Waals surface area contributed by atoms with E-state index < -0.39 is 10.8 Å². The molecule has 0 aromatic heterocycles. The summed E-state index contributed by atoms with van der Waals surface area (Å²) in [6.07, 6.45) is 0. The van der Waals surface area contributed by atoms with Gasteiger partial charge in [-0.2, -0.15) is 0 Å². The highest BCUT2D eigenvalue weighted by molar-refractivity contribution is 6.24. The lowest BCUT2D eigenvalue weighted by atomic mass is 10.1. The summed E-state index contributed by atoms with van der Waals surface area (Å²) >= 11 is 0. The van der Waals surface area contributed by atoms with Crippen molar-refractivity contribution in [2.75, 3.05) is 11.5 Å². The molecule has 26 heavy (non-hydrogen) atoms. The van der Waals surface area contributed by atoms with Gasteiger partial charge in [0.2, 0.25) is 0 Å². The van der Waals surface area contributed by atoms with E-state index in [-0.39, 0.29) is 23.9 Å². The fourth-order valence-corrected chi connectivity index (χ4v) is 3.23. The topological polar surface area (TPSA) is 94.3 Å². The number of ether oxygens (including phenoxy) is 1. The monoisotopic (exact) mass is 353 g/mol. The van der Waals surface area contributed by atoms with Crippen LogP contribution < -0.4 is 4.90 Å². The van der Waals surface area contributed by atoms with Gasteiger partial charge in [0, 0.05) is 17.7 Å². The maximum absolute atomic E-state index is 13.0. The summed E-state index contributed by atoms with van der Waals surface area (Å²) < 4.78 is 5.68. The van der Waals surface area contributed by atoms with Crippen molar-refractivity contribution >= 4 is 23.0 Å². The molecule has 2 aromatic rings. The van der Waals surface area contributed by atoms with E-state index in [1.807, 2.05) is 13.0 Å². The van der Waals surface area contributed by atoms with Crippen LogP contribution in [0.3, 0.4) is 0 Å². The summed E-state index contributed by atoms with van der Waals surface area (Å²) in [5, 5.41) is 15.1. The normalized spacial score (nSPS) is 20.5. The number of ketones is 1. The average molecular weight is 353 g/mol. The number of amidine groups is 1. The molecule has 0 radical (unpaired) electrons. The average Bonchev–Trinajstić information content (AvgIpc) is 3.11. The van der Waals surface area contributed by atoms with Crippen LogP contribution in [0.2, 0.25) is 0 Å². The van der Waals surface area contributed by atoms with Gasteiger partial charge in [0.05, 0.1) is 22.8 Å². The molecule has 0 unspecified atom stereocenters. The smallest absolute Gasteiger partial charge is 0.327 e. The van der Waals surface area contributed by atoms with Crippen molar-refractivity contribution < 1.29 is 19.3 Å². The number of nitrogens with zero attached hydrogens (tertiary/aromatic N) is 3. The molecule has 2 heterocycles. The number of hydrogen-bond donors (Lipinski definition) is 0. The molecular weight excluding hydrogens is 338 g/mol. The Morgan fingerprint density at radius 2 is 2.12 bits per heavy atom. The fourth-order valence-electron chi connectivity index (χ4n) is 3.23. The summed E-state index contributed by atoms with van der Waals surface area (Å²) in [7, 11) is 0. The number of Topliss-reactive ketones (excluding diaryl/α,β-unsaturated/α-hetero) is 1. The van der Waals surface area contributed by atoms with Crippen molar-refractivity contribution in [2.24, 2.45) is 5.16 Å². The van der Waals surface area contributed by atoms with E-state index in [1.165, 1.54) is 12.1 Å². The Labute approximate surface area is 148 Å². The Bertz CT molecular complexity index is 971. The van der Waals surface area contributed by atoms with Gasteiger partial charge in [-0.15, -0.1) is 0 Å². The Hall–Kier alpha value is -3.26. The van der Waals surface area contributed by atoms with Gasteiger partial charge < -0.3 is 9.57 Å². The molecule has 0 aliphatic carbocycles. The van der Waals surface area contributed by atoms with Crippen LogP contribution in [0.4, 0.5) is 11.4 Å². The number of nitro benzene ring substituents is 1. The molecule has 0 spiro atoms. The molecule has 0 amide bonds. The molecule has 8 nitrogen and oxygen atoms in total. The number of anilines is 1. The van der Waals surface area contributed by atoms with Crippen LogP contribution in [-0.4, -0.2) is 29.1 Å². The Balaban J connectivity index is 1.87. The standard InChI is InChI=1S/C18H15N3O5/c1-3-25-18-16(22)14-9-11(2)7-8-15(14)20(18)17(19-26-18)12-5-4-6-13(10-12)21(23)24/h4-10H,3H2,1-2H3/t18-/m1/s1. The van der Waals surface area contributed by atoms with Crippen LogP contribution in [0, 0.1) is 17.0 Å². The molecule has 4 rings (SSSR count). The number of nitro groups is 1. The molecule has 2 aromatic carbocycles. The summed E-state index contributed by atoms with van der Waals surface area (Å²) in [6.45, 7) is 3.87. The fraction of sp³-hybridized carbons (Fsp3) is 0.222. The third-order valence-corrected chi connectivity index (χ3v) is 4.34. The number of oxime groups is 1. The second kappa shape index (κ2) is 5.63. The zero-order valence-corrected chi connectivity index (χ0v) is 14.1. The van der Waals surface area contributed by atoms with Gasteiger partial charge >= 0.3 is 5.91 Å². The molecule has 0 N–H and O–H groups in total. The Morgan fingerprint density at radius 1 is 1.31 bits per heavy atom. The van der Waals surface area contributed by atoms with Crippen LogP contribution in [-0.2, 0) is 9.57 Å². The zero-order chi connectivity index (χ0) is 18.5. The zero-order valence-electron chi connectivity index (χ0n) is 14.1.